The zero-order valence-electron chi connectivity index (χ0n) is 12.2. The predicted molar refractivity (Wildman–Crippen MR) is 78.0 cm³/mol. The Morgan fingerprint density at radius 1 is 1.48 bits per heavy atom. The van der Waals surface area contributed by atoms with Crippen molar-refractivity contribution in [2.45, 2.75) is 26.3 Å². The normalized spacial score (nSPS) is 10.9. The van der Waals surface area contributed by atoms with Gasteiger partial charge in [-0.25, -0.2) is 9.18 Å². The molecule has 2 N–H and O–H groups in total. The molecule has 1 heterocycles. The molecule has 2 aromatic rings. The number of aromatic carboxylic acids is 1. The van der Waals surface area contributed by atoms with E-state index >= 15 is 0 Å². The maximum atomic E-state index is 13.3. The number of rotatable bonds is 5. The quantitative estimate of drug-likeness (QED) is 0.888. The Morgan fingerprint density at radius 2 is 2.19 bits per heavy atom. The van der Waals surface area contributed by atoms with E-state index in [-0.39, 0.29) is 5.56 Å². The molecule has 0 atom stereocenters. The van der Waals surface area contributed by atoms with Gasteiger partial charge in [-0.2, -0.15) is 5.10 Å². The number of halogens is 1. The topological polar surface area (TPSA) is 67.2 Å². The van der Waals surface area contributed by atoms with Crippen molar-refractivity contribution in [2.24, 2.45) is 7.05 Å². The van der Waals surface area contributed by atoms with Crippen LogP contribution < -0.4 is 5.32 Å². The van der Waals surface area contributed by atoms with Crippen LogP contribution in [0.25, 0.3) is 0 Å². The van der Waals surface area contributed by atoms with Crippen LogP contribution in [-0.4, -0.2) is 20.9 Å². The van der Waals surface area contributed by atoms with Crippen LogP contribution in [0.3, 0.4) is 0 Å². The highest BCUT2D eigenvalue weighted by atomic mass is 19.1. The zero-order valence-corrected chi connectivity index (χ0v) is 12.2. The van der Waals surface area contributed by atoms with Crippen LogP contribution in [-0.2, 0) is 13.6 Å². The average molecular weight is 291 g/mol. The van der Waals surface area contributed by atoms with Gasteiger partial charge in [-0.05, 0) is 24.1 Å². The molecule has 0 radical (unpaired) electrons. The number of carboxylic acids is 1. The minimum atomic E-state index is -1.28. The summed E-state index contributed by atoms with van der Waals surface area (Å²) in [7, 11) is 1.86. The van der Waals surface area contributed by atoms with Crippen LogP contribution >= 0.6 is 0 Å². The molecule has 0 bridgehead atoms. The van der Waals surface area contributed by atoms with Crippen molar-refractivity contribution >= 4 is 11.7 Å². The number of aryl methyl sites for hydroxylation is 1. The standard InChI is InChI=1S/C15H18FN3O2/c1-9(2)14-10(8-19(3)18-14)7-17-11-4-5-13(16)12(6-11)15(20)21/h4-6,8-9,17H,7H2,1-3H3,(H,20,21). The number of nitrogens with one attached hydrogen (secondary N) is 1. The molecule has 0 spiro atoms. The highest BCUT2D eigenvalue weighted by Gasteiger charge is 2.13. The summed E-state index contributed by atoms with van der Waals surface area (Å²) in [6.07, 6.45) is 1.92. The Labute approximate surface area is 122 Å². The van der Waals surface area contributed by atoms with Crippen molar-refractivity contribution in [3.63, 3.8) is 0 Å². The third kappa shape index (κ3) is 3.39. The summed E-state index contributed by atoms with van der Waals surface area (Å²) in [5, 5.41) is 16.4. The van der Waals surface area contributed by atoms with Crippen LogP contribution in [0.1, 0.15) is 41.4 Å². The molecule has 0 aliphatic rings. The maximum Gasteiger partial charge on any atom is 0.338 e. The summed E-state index contributed by atoms with van der Waals surface area (Å²) in [5.74, 6) is -1.72. The van der Waals surface area contributed by atoms with E-state index in [1.54, 1.807) is 4.68 Å². The molecule has 21 heavy (non-hydrogen) atoms. The molecule has 6 heteroatoms. The van der Waals surface area contributed by atoms with Crippen molar-refractivity contribution in [3.05, 3.63) is 47.0 Å². The SMILES string of the molecule is CC(C)c1nn(C)cc1CNc1ccc(F)c(C(=O)O)c1. The fourth-order valence-electron chi connectivity index (χ4n) is 2.17. The number of carbonyl (C=O) groups is 1. The van der Waals surface area contributed by atoms with Gasteiger partial charge in [0.15, 0.2) is 0 Å². The number of hydrogen-bond acceptors (Lipinski definition) is 3. The molecule has 0 unspecified atom stereocenters. The van der Waals surface area contributed by atoms with Crippen LogP contribution in [0.15, 0.2) is 24.4 Å². The van der Waals surface area contributed by atoms with E-state index in [4.69, 9.17) is 5.11 Å². The molecule has 2 rings (SSSR count). The number of aromatic nitrogens is 2. The van der Waals surface area contributed by atoms with Crippen molar-refractivity contribution in [2.75, 3.05) is 5.32 Å². The number of nitrogens with zero attached hydrogens (tertiary/aromatic N) is 2. The lowest BCUT2D eigenvalue weighted by molar-refractivity contribution is 0.0692. The minimum Gasteiger partial charge on any atom is -0.478 e. The summed E-state index contributed by atoms with van der Waals surface area (Å²) in [5.41, 5.74) is 2.25. The molecular formula is C15H18FN3O2. The van der Waals surface area contributed by atoms with Gasteiger partial charge in [0, 0.05) is 31.0 Å². The molecule has 0 saturated heterocycles. The number of carboxylic acid groups (broad SMARTS) is 1. The summed E-state index contributed by atoms with van der Waals surface area (Å²) in [6, 6.07) is 3.97. The highest BCUT2D eigenvalue weighted by molar-refractivity contribution is 5.89. The van der Waals surface area contributed by atoms with Crippen LogP contribution in [0.5, 0.6) is 0 Å². The van der Waals surface area contributed by atoms with E-state index in [1.807, 2.05) is 13.2 Å². The molecule has 0 fully saturated rings. The predicted octanol–water partition coefficient (Wildman–Crippen LogP) is 2.99. The maximum absolute atomic E-state index is 13.3. The van der Waals surface area contributed by atoms with Crippen molar-refractivity contribution in [1.29, 1.82) is 0 Å². The minimum absolute atomic E-state index is 0.297. The van der Waals surface area contributed by atoms with Crippen LogP contribution in [0, 0.1) is 5.82 Å². The molecule has 0 aliphatic heterocycles. The van der Waals surface area contributed by atoms with Gasteiger partial charge in [0.05, 0.1) is 11.3 Å². The van der Waals surface area contributed by atoms with Gasteiger partial charge >= 0.3 is 5.97 Å². The molecule has 112 valence electrons. The smallest absolute Gasteiger partial charge is 0.338 e. The lowest BCUT2D eigenvalue weighted by atomic mass is 10.1. The fraction of sp³-hybridized carbons (Fsp3) is 0.333. The van der Waals surface area contributed by atoms with Crippen LogP contribution in [0.4, 0.5) is 10.1 Å². The molecular weight excluding hydrogens is 273 g/mol. The lowest BCUT2D eigenvalue weighted by Gasteiger charge is -2.09. The van der Waals surface area contributed by atoms with Gasteiger partial charge in [-0.15, -0.1) is 0 Å². The molecule has 0 aliphatic carbocycles. The highest BCUT2D eigenvalue weighted by Crippen LogP contribution is 2.20. The number of anilines is 1. The number of benzene rings is 1. The second-order valence-electron chi connectivity index (χ2n) is 5.22. The Bertz CT molecular complexity index is 665. The van der Waals surface area contributed by atoms with E-state index < -0.39 is 11.8 Å². The van der Waals surface area contributed by atoms with Crippen LogP contribution in [0.2, 0.25) is 0 Å². The van der Waals surface area contributed by atoms with E-state index in [9.17, 15) is 9.18 Å². The Kier molecular flexibility index (Phi) is 4.26. The first-order chi connectivity index (χ1) is 9.88. The van der Waals surface area contributed by atoms with E-state index in [0.717, 1.165) is 17.3 Å². The second kappa shape index (κ2) is 5.95. The third-order valence-electron chi connectivity index (χ3n) is 3.16. The summed E-state index contributed by atoms with van der Waals surface area (Å²) >= 11 is 0. The first kappa shape index (κ1) is 15.0. The van der Waals surface area contributed by atoms with Crippen molar-refractivity contribution in [1.82, 2.24) is 9.78 Å². The lowest BCUT2D eigenvalue weighted by Crippen LogP contribution is -2.05. The van der Waals surface area contributed by atoms with E-state index in [0.29, 0.717) is 18.2 Å². The fourth-order valence-corrected chi connectivity index (χ4v) is 2.17. The van der Waals surface area contributed by atoms with Crippen molar-refractivity contribution in [3.8, 4) is 0 Å². The van der Waals surface area contributed by atoms with Gasteiger partial charge in [0.2, 0.25) is 0 Å². The zero-order chi connectivity index (χ0) is 15.6. The molecule has 0 amide bonds. The van der Waals surface area contributed by atoms with Gasteiger partial charge in [-0.1, -0.05) is 13.8 Å². The van der Waals surface area contributed by atoms with E-state index in [2.05, 4.69) is 24.3 Å². The molecule has 0 saturated carbocycles. The van der Waals surface area contributed by atoms with Gasteiger partial charge in [-0.3, -0.25) is 4.68 Å². The third-order valence-corrected chi connectivity index (χ3v) is 3.16. The molecule has 1 aromatic carbocycles. The van der Waals surface area contributed by atoms with Gasteiger partial charge in [0.1, 0.15) is 5.82 Å². The second-order valence-corrected chi connectivity index (χ2v) is 5.22. The monoisotopic (exact) mass is 291 g/mol. The Hall–Kier alpha value is -2.37. The Morgan fingerprint density at radius 3 is 2.81 bits per heavy atom. The summed E-state index contributed by atoms with van der Waals surface area (Å²) in [4.78, 5) is 10.9. The first-order valence-electron chi connectivity index (χ1n) is 6.67. The van der Waals surface area contributed by atoms with E-state index in [1.165, 1.54) is 12.1 Å². The summed E-state index contributed by atoms with van der Waals surface area (Å²) < 4.78 is 15.1. The average Bonchev–Trinajstić information content (AvgIpc) is 2.79. The van der Waals surface area contributed by atoms with Crippen molar-refractivity contribution < 1.29 is 14.3 Å². The molecule has 1 aromatic heterocycles. The molecule has 5 nitrogen and oxygen atoms in total. The van der Waals surface area contributed by atoms with Gasteiger partial charge < -0.3 is 10.4 Å². The number of hydrogen-bond donors (Lipinski definition) is 2. The first-order valence-corrected chi connectivity index (χ1v) is 6.67. The summed E-state index contributed by atoms with van der Waals surface area (Å²) in [6.45, 7) is 4.63. The van der Waals surface area contributed by atoms with Gasteiger partial charge in [0.25, 0.3) is 0 Å². The Balaban J connectivity index is 2.17. The largest absolute Gasteiger partial charge is 0.478 e.